The van der Waals surface area contributed by atoms with Gasteiger partial charge < -0.3 is 10.0 Å². The minimum Gasteiger partial charge on any atom is -0.387 e. The van der Waals surface area contributed by atoms with Crippen molar-refractivity contribution in [1.29, 1.82) is 0 Å². The number of carbonyl (C=O) groups excluding carboxylic acids is 1. The lowest BCUT2D eigenvalue weighted by Gasteiger charge is -2.44. The predicted octanol–water partition coefficient (Wildman–Crippen LogP) is 4.21. The van der Waals surface area contributed by atoms with Crippen LogP contribution in [-0.2, 0) is 6.42 Å². The number of hydrogen-bond donors (Lipinski definition) is 2. The standard InChI is InChI=1S/C25H36N4O2/c1-4-27(5-2)25(31)26-29-21-10-6-8-19-18-9-7-13-28(15-17-11-12-17)22(18)14-20(23(19)21)24(29)16(3)30/h6,8,10,16-18,22,30H,4-5,7,9,11-15H2,1-3H3,(H,26,31)/t16?,18-,22-/m1/s1. The van der Waals surface area contributed by atoms with Crippen molar-refractivity contribution in [3.05, 3.63) is 35.0 Å². The molecule has 2 N–H and O–H groups in total. The first-order valence-corrected chi connectivity index (χ1v) is 12.2. The number of nitrogens with zero attached hydrogens (tertiary/aromatic N) is 3. The Hall–Kier alpha value is -2.05. The van der Waals surface area contributed by atoms with Crippen LogP contribution in [0.3, 0.4) is 0 Å². The number of amides is 2. The van der Waals surface area contributed by atoms with Crippen LogP contribution in [0.15, 0.2) is 18.2 Å². The number of aromatic nitrogens is 1. The molecule has 1 unspecified atom stereocenters. The Kier molecular flexibility index (Phi) is 5.47. The highest BCUT2D eigenvalue weighted by Gasteiger charge is 2.41. The van der Waals surface area contributed by atoms with Gasteiger partial charge in [0.2, 0.25) is 0 Å². The number of likely N-dealkylation sites (tertiary alicyclic amines) is 1. The third-order valence-corrected chi connectivity index (χ3v) is 7.72. The van der Waals surface area contributed by atoms with E-state index < -0.39 is 6.10 Å². The molecule has 0 spiro atoms. The molecule has 0 radical (unpaired) electrons. The molecule has 1 aliphatic heterocycles. The zero-order chi connectivity index (χ0) is 21.7. The monoisotopic (exact) mass is 424 g/mol. The summed E-state index contributed by atoms with van der Waals surface area (Å²) in [6, 6.07) is 6.87. The Labute approximate surface area is 185 Å². The first-order chi connectivity index (χ1) is 15.0. The fourth-order valence-corrected chi connectivity index (χ4v) is 6.05. The van der Waals surface area contributed by atoms with Gasteiger partial charge in [0.05, 0.1) is 17.3 Å². The molecule has 6 nitrogen and oxygen atoms in total. The van der Waals surface area contributed by atoms with Crippen LogP contribution in [0.5, 0.6) is 0 Å². The number of aliphatic hydroxyl groups is 1. The van der Waals surface area contributed by atoms with Gasteiger partial charge in [-0.05, 0) is 82.5 Å². The van der Waals surface area contributed by atoms with Crippen LogP contribution in [0.25, 0.3) is 10.9 Å². The summed E-state index contributed by atoms with van der Waals surface area (Å²) < 4.78 is 1.88. The second kappa shape index (κ2) is 8.14. The maximum atomic E-state index is 12.9. The van der Waals surface area contributed by atoms with Crippen molar-refractivity contribution in [2.24, 2.45) is 5.92 Å². The lowest BCUT2D eigenvalue weighted by atomic mass is 9.74. The van der Waals surface area contributed by atoms with E-state index in [-0.39, 0.29) is 6.03 Å². The van der Waals surface area contributed by atoms with E-state index in [0.717, 1.165) is 23.5 Å². The van der Waals surface area contributed by atoms with Gasteiger partial charge in [0.25, 0.3) is 0 Å². The summed E-state index contributed by atoms with van der Waals surface area (Å²) in [5.74, 6) is 1.42. The number of aliphatic hydroxyl groups excluding tert-OH is 1. The van der Waals surface area contributed by atoms with Crippen molar-refractivity contribution in [1.82, 2.24) is 14.5 Å². The highest BCUT2D eigenvalue weighted by atomic mass is 16.3. The minimum absolute atomic E-state index is 0.118. The van der Waals surface area contributed by atoms with Gasteiger partial charge in [-0.2, -0.15) is 0 Å². The molecule has 1 saturated carbocycles. The highest BCUT2D eigenvalue weighted by Crippen LogP contribution is 2.47. The van der Waals surface area contributed by atoms with Crippen molar-refractivity contribution in [3.63, 3.8) is 0 Å². The number of urea groups is 1. The van der Waals surface area contributed by atoms with Crippen LogP contribution in [-0.4, -0.2) is 57.8 Å². The Morgan fingerprint density at radius 2 is 2.03 bits per heavy atom. The van der Waals surface area contributed by atoms with Crippen molar-refractivity contribution < 1.29 is 9.90 Å². The second-order valence-electron chi connectivity index (χ2n) is 9.66. The summed E-state index contributed by atoms with van der Waals surface area (Å²) in [6.07, 6.45) is 5.54. The van der Waals surface area contributed by atoms with Crippen LogP contribution in [0.2, 0.25) is 0 Å². The van der Waals surface area contributed by atoms with Gasteiger partial charge in [0, 0.05) is 37.0 Å². The molecule has 31 heavy (non-hydrogen) atoms. The van der Waals surface area contributed by atoms with E-state index in [1.807, 2.05) is 25.4 Å². The lowest BCUT2D eigenvalue weighted by Crippen LogP contribution is -2.47. The van der Waals surface area contributed by atoms with Crippen LogP contribution in [0.4, 0.5) is 4.79 Å². The van der Waals surface area contributed by atoms with Gasteiger partial charge in [0.15, 0.2) is 0 Å². The Bertz CT molecular complexity index is 974. The first kappa shape index (κ1) is 20.8. The molecular weight excluding hydrogens is 388 g/mol. The van der Waals surface area contributed by atoms with Gasteiger partial charge in [-0.1, -0.05) is 12.1 Å². The van der Waals surface area contributed by atoms with E-state index in [1.54, 1.807) is 4.90 Å². The fraction of sp³-hybridized carbons (Fsp3) is 0.640. The molecule has 1 aromatic carbocycles. The molecule has 168 valence electrons. The molecule has 2 fully saturated rings. The van der Waals surface area contributed by atoms with E-state index in [1.165, 1.54) is 55.3 Å². The maximum Gasteiger partial charge on any atom is 0.336 e. The molecule has 6 heteroatoms. The van der Waals surface area contributed by atoms with E-state index in [0.29, 0.717) is 25.0 Å². The van der Waals surface area contributed by atoms with Gasteiger partial charge >= 0.3 is 6.03 Å². The van der Waals surface area contributed by atoms with Crippen molar-refractivity contribution >= 4 is 16.9 Å². The van der Waals surface area contributed by atoms with Gasteiger partial charge in [-0.3, -0.25) is 9.58 Å². The minimum atomic E-state index is -0.649. The first-order valence-electron chi connectivity index (χ1n) is 12.2. The molecule has 1 saturated heterocycles. The average Bonchev–Trinajstić information content (AvgIpc) is 3.52. The SMILES string of the molecule is CCN(CC)C(=O)Nn1c(C(C)O)c2c3c(cccc31)[C@H]1CCCN(CC3CC3)[C@@H]1C2. The van der Waals surface area contributed by atoms with E-state index in [4.69, 9.17) is 0 Å². The lowest BCUT2D eigenvalue weighted by molar-refractivity contribution is 0.117. The van der Waals surface area contributed by atoms with Crippen LogP contribution >= 0.6 is 0 Å². The predicted molar refractivity (Wildman–Crippen MR) is 124 cm³/mol. The Balaban J connectivity index is 1.60. The van der Waals surface area contributed by atoms with Crippen molar-refractivity contribution in [2.45, 2.75) is 70.9 Å². The normalized spacial score (nSPS) is 24.1. The second-order valence-corrected chi connectivity index (χ2v) is 9.66. The van der Waals surface area contributed by atoms with Crippen LogP contribution in [0.1, 0.15) is 75.3 Å². The number of rotatable bonds is 6. The summed E-state index contributed by atoms with van der Waals surface area (Å²) in [4.78, 5) is 17.4. The summed E-state index contributed by atoms with van der Waals surface area (Å²) in [6.45, 7) is 9.52. The van der Waals surface area contributed by atoms with Crippen LogP contribution in [0, 0.1) is 5.92 Å². The van der Waals surface area contributed by atoms with Crippen molar-refractivity contribution in [3.8, 4) is 0 Å². The zero-order valence-electron chi connectivity index (χ0n) is 19.1. The average molecular weight is 425 g/mol. The number of nitrogens with one attached hydrogen (secondary N) is 1. The molecule has 3 aliphatic rings. The summed E-state index contributed by atoms with van der Waals surface area (Å²) in [5, 5.41) is 12.1. The molecule has 2 heterocycles. The van der Waals surface area contributed by atoms with Gasteiger partial charge in [-0.15, -0.1) is 0 Å². The molecule has 2 amide bonds. The highest BCUT2D eigenvalue weighted by molar-refractivity contribution is 5.93. The number of piperidine rings is 1. The summed E-state index contributed by atoms with van der Waals surface area (Å²) in [7, 11) is 0. The molecule has 3 atom stereocenters. The molecule has 2 aromatic rings. The third-order valence-electron chi connectivity index (χ3n) is 7.72. The maximum absolute atomic E-state index is 12.9. The largest absolute Gasteiger partial charge is 0.387 e. The molecular formula is C25H36N4O2. The molecule has 5 rings (SSSR count). The van der Waals surface area contributed by atoms with Gasteiger partial charge in [0.1, 0.15) is 0 Å². The number of benzene rings is 1. The Morgan fingerprint density at radius 3 is 2.71 bits per heavy atom. The van der Waals surface area contributed by atoms with E-state index in [2.05, 4.69) is 28.5 Å². The Morgan fingerprint density at radius 1 is 1.26 bits per heavy atom. The zero-order valence-corrected chi connectivity index (χ0v) is 19.1. The summed E-state index contributed by atoms with van der Waals surface area (Å²) >= 11 is 0. The van der Waals surface area contributed by atoms with E-state index >= 15 is 0 Å². The van der Waals surface area contributed by atoms with E-state index in [9.17, 15) is 9.90 Å². The van der Waals surface area contributed by atoms with Crippen LogP contribution < -0.4 is 5.43 Å². The topological polar surface area (TPSA) is 60.7 Å². The number of hydrogen-bond acceptors (Lipinski definition) is 3. The third kappa shape index (κ3) is 3.54. The smallest absolute Gasteiger partial charge is 0.336 e. The summed E-state index contributed by atoms with van der Waals surface area (Å²) in [5.41, 5.74) is 7.60. The molecule has 2 aliphatic carbocycles. The number of carbonyl (C=O) groups is 1. The number of fused-ring (bicyclic) bond motifs is 2. The van der Waals surface area contributed by atoms with Gasteiger partial charge in [-0.25, -0.2) is 10.2 Å². The molecule has 1 aromatic heterocycles. The quantitative estimate of drug-likeness (QED) is 0.730. The van der Waals surface area contributed by atoms with Crippen molar-refractivity contribution in [2.75, 3.05) is 31.6 Å². The fourth-order valence-electron chi connectivity index (χ4n) is 6.05. The molecule has 0 bridgehead atoms.